The first-order chi connectivity index (χ1) is 7.38. The molecule has 0 unspecified atom stereocenters. The van der Waals surface area contributed by atoms with E-state index in [9.17, 15) is 4.79 Å². The lowest BCUT2D eigenvalue weighted by Crippen LogP contribution is -2.24. The molecule has 2 nitrogen and oxygen atoms in total. The second-order valence-corrected chi connectivity index (χ2v) is 5.56. The molecule has 3 heteroatoms. The number of ether oxygens (including phenoxy) is 1. The van der Waals surface area contributed by atoms with E-state index in [4.69, 9.17) is 4.74 Å². The third-order valence-electron chi connectivity index (χ3n) is 2.01. The van der Waals surface area contributed by atoms with E-state index in [0.29, 0.717) is 6.42 Å². The highest BCUT2D eigenvalue weighted by atomic mass is 79.9. The maximum Gasteiger partial charge on any atom is 0.162 e. The van der Waals surface area contributed by atoms with Crippen LogP contribution in [0.25, 0.3) is 0 Å². The minimum absolute atomic E-state index is 0.0989. The fourth-order valence-corrected chi connectivity index (χ4v) is 1.63. The Morgan fingerprint density at radius 1 is 1.31 bits per heavy atom. The van der Waals surface area contributed by atoms with Crippen LogP contribution in [0.3, 0.4) is 0 Å². The van der Waals surface area contributed by atoms with Crippen LogP contribution in [0.15, 0.2) is 28.7 Å². The first-order valence-corrected chi connectivity index (χ1v) is 6.07. The molecular formula is C13H17BrO2. The molecule has 0 aliphatic rings. The lowest BCUT2D eigenvalue weighted by atomic mass is 10.1. The topological polar surface area (TPSA) is 26.3 Å². The Kier molecular flexibility index (Phi) is 4.69. The smallest absolute Gasteiger partial charge is 0.162 e. The summed E-state index contributed by atoms with van der Waals surface area (Å²) in [5.74, 6) is 0.0989. The fourth-order valence-electron chi connectivity index (χ4n) is 1.20. The van der Waals surface area contributed by atoms with Gasteiger partial charge in [0, 0.05) is 10.9 Å². The molecule has 0 amide bonds. The van der Waals surface area contributed by atoms with Gasteiger partial charge in [-0.2, -0.15) is 0 Å². The van der Waals surface area contributed by atoms with Crippen molar-refractivity contribution in [2.45, 2.75) is 32.8 Å². The largest absolute Gasteiger partial charge is 0.368 e. The minimum Gasteiger partial charge on any atom is -0.368 e. The van der Waals surface area contributed by atoms with Crippen LogP contribution in [-0.2, 0) is 16.0 Å². The normalized spacial score (nSPS) is 11.5. The monoisotopic (exact) mass is 284 g/mol. The Balaban J connectivity index is 2.50. The third-order valence-corrected chi connectivity index (χ3v) is 2.79. The summed E-state index contributed by atoms with van der Waals surface area (Å²) < 4.78 is 6.41. The average Bonchev–Trinajstić information content (AvgIpc) is 2.18. The molecule has 1 rings (SSSR count). The highest BCUT2D eigenvalue weighted by molar-refractivity contribution is 9.10. The third kappa shape index (κ3) is 4.90. The van der Waals surface area contributed by atoms with Crippen LogP contribution in [0.2, 0.25) is 0 Å². The van der Waals surface area contributed by atoms with Gasteiger partial charge in [-0.25, -0.2) is 0 Å². The van der Waals surface area contributed by atoms with Crippen molar-refractivity contribution >= 4 is 21.7 Å². The molecule has 0 saturated carbocycles. The maximum atomic E-state index is 11.7. The van der Waals surface area contributed by atoms with E-state index < -0.39 is 0 Å². The molecule has 1 aromatic rings. The predicted octanol–water partition coefficient (Wildman–Crippen LogP) is 3.38. The molecular weight excluding hydrogens is 268 g/mol. The molecule has 0 fully saturated rings. The van der Waals surface area contributed by atoms with Gasteiger partial charge in [-0.15, -0.1) is 0 Å². The summed E-state index contributed by atoms with van der Waals surface area (Å²) in [6, 6.07) is 7.74. The molecule has 1 aromatic carbocycles. The zero-order valence-corrected chi connectivity index (χ0v) is 11.5. The van der Waals surface area contributed by atoms with E-state index in [1.165, 1.54) is 0 Å². The molecule has 0 saturated heterocycles. The van der Waals surface area contributed by atoms with E-state index in [1.54, 1.807) is 0 Å². The molecule has 0 heterocycles. The highest BCUT2D eigenvalue weighted by Gasteiger charge is 2.13. The van der Waals surface area contributed by atoms with Crippen molar-refractivity contribution in [3.8, 4) is 0 Å². The number of benzene rings is 1. The number of hydrogen-bond acceptors (Lipinski definition) is 2. The lowest BCUT2D eigenvalue weighted by molar-refractivity contribution is -0.127. The van der Waals surface area contributed by atoms with Crippen LogP contribution in [0.5, 0.6) is 0 Å². The molecule has 0 aliphatic carbocycles. The number of carbonyl (C=O) groups is 1. The number of carbonyl (C=O) groups excluding carboxylic acids is 1. The van der Waals surface area contributed by atoms with Gasteiger partial charge in [0.1, 0.15) is 6.61 Å². The van der Waals surface area contributed by atoms with Crippen LogP contribution >= 0.6 is 15.9 Å². The van der Waals surface area contributed by atoms with E-state index in [-0.39, 0.29) is 18.0 Å². The number of halogens is 1. The molecule has 0 bridgehead atoms. The van der Waals surface area contributed by atoms with Crippen LogP contribution in [0, 0.1) is 0 Å². The Morgan fingerprint density at radius 3 is 2.50 bits per heavy atom. The molecule has 0 N–H and O–H groups in total. The van der Waals surface area contributed by atoms with Crippen molar-refractivity contribution in [3.63, 3.8) is 0 Å². The van der Waals surface area contributed by atoms with Crippen molar-refractivity contribution < 1.29 is 9.53 Å². The lowest BCUT2D eigenvalue weighted by Gasteiger charge is -2.18. The predicted molar refractivity (Wildman–Crippen MR) is 68.6 cm³/mol. The van der Waals surface area contributed by atoms with Gasteiger partial charge < -0.3 is 4.74 Å². The number of rotatable bonds is 4. The number of hydrogen-bond donors (Lipinski definition) is 0. The zero-order valence-electron chi connectivity index (χ0n) is 9.92. The van der Waals surface area contributed by atoms with Gasteiger partial charge in [0.25, 0.3) is 0 Å². The summed E-state index contributed by atoms with van der Waals surface area (Å²) in [5, 5.41) is 0. The van der Waals surface area contributed by atoms with Gasteiger partial charge in [0.2, 0.25) is 0 Å². The second-order valence-electron chi connectivity index (χ2n) is 4.71. The molecule has 0 atom stereocenters. The van der Waals surface area contributed by atoms with Crippen molar-refractivity contribution in [2.75, 3.05) is 6.61 Å². The van der Waals surface area contributed by atoms with Crippen LogP contribution in [-0.4, -0.2) is 18.0 Å². The van der Waals surface area contributed by atoms with Gasteiger partial charge in [0.15, 0.2) is 5.78 Å². The molecule has 16 heavy (non-hydrogen) atoms. The van der Waals surface area contributed by atoms with E-state index >= 15 is 0 Å². The van der Waals surface area contributed by atoms with Gasteiger partial charge in [-0.1, -0.05) is 34.1 Å². The van der Waals surface area contributed by atoms with Crippen LogP contribution in [0.1, 0.15) is 26.3 Å². The summed E-state index contributed by atoms with van der Waals surface area (Å²) in [6.07, 6.45) is 0.414. The summed E-state index contributed by atoms with van der Waals surface area (Å²) in [5.41, 5.74) is 0.744. The van der Waals surface area contributed by atoms with Crippen LogP contribution in [0.4, 0.5) is 0 Å². The quantitative estimate of drug-likeness (QED) is 0.847. The molecule has 88 valence electrons. The first-order valence-electron chi connectivity index (χ1n) is 5.27. The Bertz CT molecular complexity index is 366. The van der Waals surface area contributed by atoms with Crippen molar-refractivity contribution in [3.05, 3.63) is 34.3 Å². The Labute approximate surface area is 105 Å². The Hall–Kier alpha value is -0.670. The van der Waals surface area contributed by atoms with E-state index in [2.05, 4.69) is 15.9 Å². The molecule has 0 spiro atoms. The molecule has 0 aliphatic heterocycles. The van der Waals surface area contributed by atoms with Gasteiger partial charge in [-0.3, -0.25) is 4.79 Å². The van der Waals surface area contributed by atoms with Crippen molar-refractivity contribution in [1.82, 2.24) is 0 Å². The zero-order chi connectivity index (χ0) is 12.2. The first kappa shape index (κ1) is 13.4. The molecule has 0 radical (unpaired) electrons. The summed E-state index contributed by atoms with van der Waals surface area (Å²) in [6.45, 7) is 6.00. The standard InChI is InChI=1S/C13H17BrO2/c1-13(2,3)16-9-11(15)8-10-6-4-5-7-12(10)14/h4-7H,8-9H2,1-3H3. The highest BCUT2D eigenvalue weighted by Crippen LogP contribution is 2.17. The number of Topliss-reactive ketones (excluding diaryl/α,β-unsaturated/α-hetero) is 1. The second kappa shape index (κ2) is 5.60. The van der Waals surface area contributed by atoms with Gasteiger partial charge >= 0.3 is 0 Å². The fraction of sp³-hybridized carbons (Fsp3) is 0.462. The van der Waals surface area contributed by atoms with E-state index in [0.717, 1.165) is 10.0 Å². The average molecular weight is 285 g/mol. The SMILES string of the molecule is CC(C)(C)OCC(=O)Cc1ccccc1Br. The van der Waals surface area contributed by atoms with Crippen LogP contribution < -0.4 is 0 Å². The van der Waals surface area contributed by atoms with E-state index in [1.807, 2.05) is 45.0 Å². The Morgan fingerprint density at radius 2 is 1.94 bits per heavy atom. The summed E-state index contributed by atoms with van der Waals surface area (Å²) in [7, 11) is 0. The van der Waals surface area contributed by atoms with Gasteiger partial charge in [0.05, 0.1) is 5.60 Å². The summed E-state index contributed by atoms with van der Waals surface area (Å²) >= 11 is 3.42. The molecule has 0 aromatic heterocycles. The van der Waals surface area contributed by atoms with Gasteiger partial charge in [-0.05, 0) is 32.4 Å². The van der Waals surface area contributed by atoms with Crippen molar-refractivity contribution in [2.24, 2.45) is 0 Å². The van der Waals surface area contributed by atoms with Crippen molar-refractivity contribution in [1.29, 1.82) is 0 Å². The maximum absolute atomic E-state index is 11.7. The minimum atomic E-state index is -0.260. The number of ketones is 1. The summed E-state index contributed by atoms with van der Waals surface area (Å²) in [4.78, 5) is 11.7.